The van der Waals surface area contributed by atoms with Gasteiger partial charge in [0.05, 0.1) is 35.0 Å². The Labute approximate surface area is 157 Å². The maximum atomic E-state index is 12.2. The lowest BCUT2D eigenvalue weighted by Crippen LogP contribution is -2.23. The van der Waals surface area contributed by atoms with E-state index in [1.807, 2.05) is 0 Å². The van der Waals surface area contributed by atoms with Crippen LogP contribution in [0.3, 0.4) is 0 Å². The molecule has 0 aliphatic carbocycles. The van der Waals surface area contributed by atoms with E-state index in [1.54, 1.807) is 25.1 Å². The van der Waals surface area contributed by atoms with Crippen molar-refractivity contribution in [1.29, 1.82) is 0 Å². The van der Waals surface area contributed by atoms with Crippen molar-refractivity contribution in [3.63, 3.8) is 0 Å². The number of rotatable bonds is 8. The van der Waals surface area contributed by atoms with Gasteiger partial charge in [0.15, 0.2) is 9.84 Å². The van der Waals surface area contributed by atoms with Crippen LogP contribution >= 0.6 is 0 Å². The first kappa shape index (κ1) is 20.2. The maximum absolute atomic E-state index is 12.2. The number of carbonyl (C=O) groups excluding carboxylic acids is 1. The van der Waals surface area contributed by atoms with E-state index in [2.05, 4.69) is 10.6 Å². The summed E-state index contributed by atoms with van der Waals surface area (Å²) in [4.78, 5) is 23.3. The summed E-state index contributed by atoms with van der Waals surface area (Å²) < 4.78 is 29.3. The van der Waals surface area contributed by atoms with E-state index >= 15 is 0 Å². The quantitative estimate of drug-likeness (QED) is 0.630. The number of hydrogen-bond acceptors (Lipinski definition) is 6. The molecule has 2 aromatic carbocycles. The number of benzene rings is 2. The summed E-state index contributed by atoms with van der Waals surface area (Å²) in [6, 6.07) is 10.5. The van der Waals surface area contributed by atoms with Crippen LogP contribution in [0.2, 0.25) is 0 Å². The fraction of sp³-hybridized carbons (Fsp3) is 0.222. The van der Waals surface area contributed by atoms with Crippen molar-refractivity contribution in [1.82, 2.24) is 0 Å². The van der Waals surface area contributed by atoms with E-state index in [0.717, 1.165) is 6.26 Å². The molecule has 0 spiro atoms. The topological polar surface area (TPSA) is 122 Å². The normalized spacial score (nSPS) is 10.9. The van der Waals surface area contributed by atoms with Gasteiger partial charge in [-0.15, -0.1) is 0 Å². The Hall–Kier alpha value is -3.07. The van der Waals surface area contributed by atoms with Crippen LogP contribution in [0.5, 0.6) is 5.75 Å². The minimum Gasteiger partial charge on any atom is -0.494 e. The Kier molecular flexibility index (Phi) is 6.40. The molecule has 0 aliphatic heterocycles. The van der Waals surface area contributed by atoms with E-state index in [9.17, 15) is 18.0 Å². The monoisotopic (exact) mass is 392 g/mol. The number of sulfone groups is 1. The zero-order chi connectivity index (χ0) is 20.0. The van der Waals surface area contributed by atoms with Crippen molar-refractivity contribution < 1.29 is 27.9 Å². The first-order valence-electron chi connectivity index (χ1n) is 8.05. The summed E-state index contributed by atoms with van der Waals surface area (Å²) in [5.74, 6) is -1.27. The van der Waals surface area contributed by atoms with Gasteiger partial charge in [-0.05, 0) is 31.2 Å². The lowest BCUT2D eigenvalue weighted by atomic mass is 10.2. The predicted molar refractivity (Wildman–Crippen MR) is 101 cm³/mol. The number of anilines is 2. The van der Waals surface area contributed by atoms with Crippen LogP contribution in [0.4, 0.5) is 11.4 Å². The minimum absolute atomic E-state index is 0.00665. The summed E-state index contributed by atoms with van der Waals surface area (Å²) >= 11 is 0. The average Bonchev–Trinajstić information content (AvgIpc) is 2.60. The number of nitrogens with one attached hydrogen (secondary N) is 2. The summed E-state index contributed by atoms with van der Waals surface area (Å²) in [6.45, 7) is 1.93. The molecule has 0 aromatic heterocycles. The Balaban J connectivity index is 2.15. The Bertz CT molecular complexity index is 956. The summed E-state index contributed by atoms with van der Waals surface area (Å²) in [6.07, 6.45) is 1.06. The zero-order valence-corrected chi connectivity index (χ0v) is 15.7. The van der Waals surface area contributed by atoms with Crippen LogP contribution in [-0.4, -0.2) is 44.8 Å². The van der Waals surface area contributed by atoms with Crippen LogP contribution in [0.15, 0.2) is 47.4 Å². The maximum Gasteiger partial charge on any atom is 0.337 e. The molecule has 27 heavy (non-hydrogen) atoms. The lowest BCUT2D eigenvalue weighted by molar-refractivity contribution is -0.114. The second kappa shape index (κ2) is 8.54. The zero-order valence-electron chi connectivity index (χ0n) is 14.9. The molecule has 2 aromatic rings. The highest BCUT2D eigenvalue weighted by atomic mass is 32.2. The molecule has 3 N–H and O–H groups in total. The number of para-hydroxylation sites is 1. The van der Waals surface area contributed by atoms with E-state index < -0.39 is 21.7 Å². The second-order valence-corrected chi connectivity index (χ2v) is 7.60. The van der Waals surface area contributed by atoms with Gasteiger partial charge in [0.25, 0.3) is 0 Å². The Morgan fingerprint density at radius 2 is 1.81 bits per heavy atom. The van der Waals surface area contributed by atoms with Crippen LogP contribution in [-0.2, 0) is 14.6 Å². The highest BCUT2D eigenvalue weighted by Gasteiger charge is 2.16. The Morgan fingerprint density at radius 1 is 1.11 bits per heavy atom. The number of amides is 1. The number of ether oxygens (including phenoxy) is 1. The largest absolute Gasteiger partial charge is 0.494 e. The third kappa shape index (κ3) is 5.45. The standard InChI is InChI=1S/C18H20N2O6S/c1-3-26-12-8-9-15(16(10-12)27(2,24)25)19-11-17(21)20-14-7-5-4-6-13(14)18(22)23/h4-10,19H,3,11H2,1-2H3,(H,20,21)(H,22,23). The number of aromatic carboxylic acids is 1. The Morgan fingerprint density at radius 3 is 2.44 bits per heavy atom. The first-order valence-corrected chi connectivity index (χ1v) is 9.94. The summed E-state index contributed by atoms with van der Waals surface area (Å²) in [5, 5.41) is 14.4. The molecule has 0 fully saturated rings. The molecule has 1 amide bonds. The van der Waals surface area contributed by atoms with E-state index in [1.165, 1.54) is 24.3 Å². The molecule has 0 aliphatic rings. The van der Waals surface area contributed by atoms with Gasteiger partial charge in [-0.25, -0.2) is 13.2 Å². The molecule has 2 rings (SSSR count). The lowest BCUT2D eigenvalue weighted by Gasteiger charge is -2.13. The van der Waals surface area contributed by atoms with Gasteiger partial charge in [-0.3, -0.25) is 4.79 Å². The van der Waals surface area contributed by atoms with Gasteiger partial charge in [0.1, 0.15) is 5.75 Å². The molecule has 144 valence electrons. The first-order chi connectivity index (χ1) is 12.7. The molecular weight excluding hydrogens is 372 g/mol. The fourth-order valence-corrected chi connectivity index (χ4v) is 3.23. The predicted octanol–water partition coefficient (Wildman–Crippen LogP) is 2.24. The van der Waals surface area contributed by atoms with Gasteiger partial charge >= 0.3 is 5.97 Å². The van der Waals surface area contributed by atoms with Crippen molar-refractivity contribution in [3.05, 3.63) is 48.0 Å². The number of carboxylic acids is 1. The number of carboxylic acid groups (broad SMARTS) is 1. The van der Waals surface area contributed by atoms with Crippen molar-refractivity contribution in [3.8, 4) is 5.75 Å². The summed E-state index contributed by atoms with van der Waals surface area (Å²) in [5.41, 5.74) is 0.373. The molecule has 0 heterocycles. The van der Waals surface area contributed by atoms with Crippen molar-refractivity contribution in [2.75, 3.05) is 30.0 Å². The van der Waals surface area contributed by atoms with Crippen LogP contribution in [0.1, 0.15) is 17.3 Å². The van der Waals surface area contributed by atoms with Crippen LogP contribution < -0.4 is 15.4 Å². The molecule has 0 atom stereocenters. The second-order valence-electron chi connectivity index (χ2n) is 5.62. The van der Waals surface area contributed by atoms with Crippen LogP contribution in [0.25, 0.3) is 0 Å². The molecule has 0 bridgehead atoms. The van der Waals surface area contributed by atoms with E-state index in [-0.39, 0.29) is 28.4 Å². The molecular formula is C18H20N2O6S. The van der Waals surface area contributed by atoms with Gasteiger partial charge in [-0.1, -0.05) is 12.1 Å². The smallest absolute Gasteiger partial charge is 0.337 e. The minimum atomic E-state index is -3.55. The average molecular weight is 392 g/mol. The van der Waals surface area contributed by atoms with E-state index in [0.29, 0.717) is 12.4 Å². The molecule has 9 heteroatoms. The van der Waals surface area contributed by atoms with Crippen LogP contribution in [0, 0.1) is 0 Å². The van der Waals surface area contributed by atoms with Gasteiger partial charge in [0.2, 0.25) is 5.91 Å². The third-order valence-corrected chi connectivity index (χ3v) is 4.67. The number of carbonyl (C=O) groups is 2. The molecule has 8 nitrogen and oxygen atoms in total. The molecule has 0 unspecified atom stereocenters. The van der Waals surface area contributed by atoms with Gasteiger partial charge in [0, 0.05) is 12.3 Å². The summed E-state index contributed by atoms with van der Waals surface area (Å²) in [7, 11) is -3.55. The third-order valence-electron chi connectivity index (χ3n) is 3.53. The van der Waals surface area contributed by atoms with Gasteiger partial charge in [-0.2, -0.15) is 0 Å². The molecule has 0 saturated carbocycles. The highest BCUT2D eigenvalue weighted by Crippen LogP contribution is 2.26. The van der Waals surface area contributed by atoms with Crippen molar-refractivity contribution in [2.45, 2.75) is 11.8 Å². The van der Waals surface area contributed by atoms with Crippen molar-refractivity contribution in [2.24, 2.45) is 0 Å². The number of hydrogen-bond donors (Lipinski definition) is 3. The van der Waals surface area contributed by atoms with E-state index in [4.69, 9.17) is 9.84 Å². The van der Waals surface area contributed by atoms with Gasteiger partial charge < -0.3 is 20.5 Å². The highest BCUT2D eigenvalue weighted by molar-refractivity contribution is 7.90. The molecule has 0 saturated heterocycles. The molecule has 0 radical (unpaired) electrons. The SMILES string of the molecule is CCOc1ccc(NCC(=O)Nc2ccccc2C(=O)O)c(S(C)(=O)=O)c1. The fourth-order valence-electron chi connectivity index (χ4n) is 2.36. The van der Waals surface area contributed by atoms with Crippen molar-refractivity contribution >= 4 is 33.1 Å².